The second-order valence-electron chi connectivity index (χ2n) is 5.50. The highest BCUT2D eigenvalue weighted by Gasteiger charge is 2.22. The molecular weight excluding hydrogens is 272 g/mol. The number of benzene rings is 1. The molecule has 0 aromatic heterocycles. The lowest BCUT2D eigenvalue weighted by Crippen LogP contribution is -2.43. The maximum absolute atomic E-state index is 11.4. The van der Waals surface area contributed by atoms with E-state index < -0.39 is 0 Å². The van der Waals surface area contributed by atoms with Gasteiger partial charge in [0, 0.05) is 37.4 Å². The van der Waals surface area contributed by atoms with Gasteiger partial charge < -0.3 is 9.80 Å². The average Bonchev–Trinajstić information content (AvgIpc) is 2.46. The molecule has 0 unspecified atom stereocenters. The first-order valence-corrected chi connectivity index (χ1v) is 7.66. The Balaban J connectivity index is 2.08. The Kier molecular flexibility index (Phi) is 5.06. The summed E-state index contributed by atoms with van der Waals surface area (Å²) in [5, 5.41) is 0.549. The van der Waals surface area contributed by atoms with Crippen LogP contribution in [0.2, 0.25) is 5.02 Å². The molecule has 0 saturated carbocycles. The number of hydrogen-bond acceptors (Lipinski definition) is 3. The molecule has 3 nitrogen and oxygen atoms in total. The van der Waals surface area contributed by atoms with Gasteiger partial charge in [-0.25, -0.2) is 0 Å². The Labute approximate surface area is 126 Å². The standard InChI is InChI=1S/C16H23ClN2O/c1-4-19-9-7-13(8-10-19)18(3)14-5-6-15(12(2)20)16(17)11-14/h5-6,11,13H,4,7-10H2,1-3H3. The van der Waals surface area contributed by atoms with E-state index >= 15 is 0 Å². The SMILES string of the molecule is CCN1CCC(N(C)c2ccc(C(C)=O)c(Cl)c2)CC1. The Morgan fingerprint density at radius 1 is 1.40 bits per heavy atom. The van der Waals surface area contributed by atoms with Crippen molar-refractivity contribution in [2.75, 3.05) is 31.6 Å². The van der Waals surface area contributed by atoms with Crippen molar-refractivity contribution in [1.29, 1.82) is 0 Å². The van der Waals surface area contributed by atoms with Crippen molar-refractivity contribution in [3.8, 4) is 0 Å². The summed E-state index contributed by atoms with van der Waals surface area (Å²) in [5.74, 6) is 0.0143. The predicted molar refractivity (Wildman–Crippen MR) is 85.0 cm³/mol. The number of anilines is 1. The maximum Gasteiger partial charge on any atom is 0.161 e. The Morgan fingerprint density at radius 3 is 2.55 bits per heavy atom. The van der Waals surface area contributed by atoms with Gasteiger partial charge in [0.1, 0.15) is 0 Å². The predicted octanol–water partition coefficient (Wildman–Crippen LogP) is 3.46. The molecule has 20 heavy (non-hydrogen) atoms. The van der Waals surface area contributed by atoms with Gasteiger partial charge in [-0.05, 0) is 44.5 Å². The lowest BCUT2D eigenvalue weighted by molar-refractivity contribution is 0.101. The molecule has 0 atom stereocenters. The molecule has 0 bridgehead atoms. The van der Waals surface area contributed by atoms with Crippen molar-refractivity contribution in [2.24, 2.45) is 0 Å². The molecule has 0 radical (unpaired) electrons. The number of rotatable bonds is 4. The van der Waals surface area contributed by atoms with E-state index in [1.165, 1.54) is 12.8 Å². The molecule has 110 valence electrons. The molecule has 1 fully saturated rings. The van der Waals surface area contributed by atoms with Crippen LogP contribution in [0.4, 0.5) is 5.69 Å². The van der Waals surface area contributed by atoms with Crippen LogP contribution in [-0.4, -0.2) is 43.4 Å². The third-order valence-corrected chi connectivity index (χ3v) is 4.60. The lowest BCUT2D eigenvalue weighted by atomic mass is 10.0. The van der Waals surface area contributed by atoms with Crippen molar-refractivity contribution in [3.63, 3.8) is 0 Å². The van der Waals surface area contributed by atoms with Crippen LogP contribution in [0.15, 0.2) is 18.2 Å². The molecule has 0 N–H and O–H groups in total. The third kappa shape index (κ3) is 3.33. The zero-order chi connectivity index (χ0) is 14.7. The minimum Gasteiger partial charge on any atom is -0.371 e. The molecule has 0 amide bonds. The van der Waals surface area contributed by atoms with Gasteiger partial charge in [0.05, 0.1) is 5.02 Å². The number of hydrogen-bond donors (Lipinski definition) is 0. The van der Waals surface area contributed by atoms with Crippen LogP contribution in [-0.2, 0) is 0 Å². The number of likely N-dealkylation sites (tertiary alicyclic amines) is 1. The highest BCUT2D eigenvalue weighted by Crippen LogP contribution is 2.27. The molecule has 0 aliphatic carbocycles. The van der Waals surface area contributed by atoms with Gasteiger partial charge in [-0.15, -0.1) is 0 Å². The van der Waals surface area contributed by atoms with Crippen LogP contribution in [0, 0.1) is 0 Å². The molecule has 1 aromatic carbocycles. The fraction of sp³-hybridized carbons (Fsp3) is 0.562. The molecular formula is C16H23ClN2O. The summed E-state index contributed by atoms with van der Waals surface area (Å²) in [6.45, 7) is 7.21. The van der Waals surface area contributed by atoms with Gasteiger partial charge in [-0.3, -0.25) is 4.79 Å². The number of carbonyl (C=O) groups excluding carboxylic acids is 1. The first-order valence-electron chi connectivity index (χ1n) is 7.28. The molecule has 0 spiro atoms. The fourth-order valence-electron chi connectivity index (χ4n) is 2.84. The quantitative estimate of drug-likeness (QED) is 0.795. The van der Waals surface area contributed by atoms with E-state index in [1.807, 2.05) is 18.2 Å². The lowest BCUT2D eigenvalue weighted by Gasteiger charge is -2.37. The van der Waals surface area contributed by atoms with Crippen LogP contribution >= 0.6 is 11.6 Å². The second kappa shape index (κ2) is 6.59. The van der Waals surface area contributed by atoms with Gasteiger partial charge in [0.25, 0.3) is 0 Å². The van der Waals surface area contributed by atoms with E-state index in [4.69, 9.17) is 11.6 Å². The van der Waals surface area contributed by atoms with Gasteiger partial charge in [-0.2, -0.15) is 0 Å². The average molecular weight is 295 g/mol. The zero-order valence-corrected chi connectivity index (χ0v) is 13.3. The summed E-state index contributed by atoms with van der Waals surface area (Å²) in [7, 11) is 2.12. The van der Waals surface area contributed by atoms with Crippen molar-refractivity contribution < 1.29 is 4.79 Å². The second-order valence-corrected chi connectivity index (χ2v) is 5.90. The summed E-state index contributed by atoms with van der Waals surface area (Å²) in [4.78, 5) is 16.2. The smallest absolute Gasteiger partial charge is 0.161 e. The highest BCUT2D eigenvalue weighted by molar-refractivity contribution is 6.34. The zero-order valence-electron chi connectivity index (χ0n) is 12.5. The van der Waals surface area contributed by atoms with Crippen molar-refractivity contribution in [3.05, 3.63) is 28.8 Å². The number of Topliss-reactive ketones (excluding diaryl/α,β-unsaturated/α-hetero) is 1. The summed E-state index contributed by atoms with van der Waals surface area (Å²) in [6, 6.07) is 6.29. The molecule has 1 aliphatic heterocycles. The summed E-state index contributed by atoms with van der Waals surface area (Å²) >= 11 is 6.20. The first kappa shape index (κ1) is 15.3. The minimum absolute atomic E-state index is 0.0143. The van der Waals surface area contributed by atoms with Crippen LogP contribution in [0.5, 0.6) is 0 Å². The van der Waals surface area contributed by atoms with E-state index in [9.17, 15) is 4.79 Å². The van der Waals surface area contributed by atoms with Crippen molar-refractivity contribution >= 4 is 23.1 Å². The normalized spacial score (nSPS) is 17.2. The highest BCUT2D eigenvalue weighted by atomic mass is 35.5. The third-order valence-electron chi connectivity index (χ3n) is 4.29. The minimum atomic E-state index is 0.0143. The summed E-state index contributed by atoms with van der Waals surface area (Å²) < 4.78 is 0. The monoisotopic (exact) mass is 294 g/mol. The van der Waals surface area contributed by atoms with Crippen LogP contribution < -0.4 is 4.90 Å². The Bertz CT molecular complexity index is 481. The van der Waals surface area contributed by atoms with Gasteiger partial charge in [0.2, 0.25) is 0 Å². The fourth-order valence-corrected chi connectivity index (χ4v) is 3.15. The largest absolute Gasteiger partial charge is 0.371 e. The maximum atomic E-state index is 11.4. The van der Waals surface area contributed by atoms with E-state index in [1.54, 1.807) is 6.92 Å². The molecule has 4 heteroatoms. The summed E-state index contributed by atoms with van der Waals surface area (Å²) in [5.41, 5.74) is 1.69. The Morgan fingerprint density at radius 2 is 2.05 bits per heavy atom. The number of ketones is 1. The first-order chi connectivity index (χ1) is 9.52. The molecule has 1 saturated heterocycles. The molecule has 2 rings (SSSR count). The van der Waals surface area contributed by atoms with Gasteiger partial charge >= 0.3 is 0 Å². The topological polar surface area (TPSA) is 23.6 Å². The van der Waals surface area contributed by atoms with Crippen molar-refractivity contribution in [1.82, 2.24) is 4.90 Å². The van der Waals surface area contributed by atoms with Crippen molar-refractivity contribution in [2.45, 2.75) is 32.7 Å². The Hall–Kier alpha value is -1.06. The van der Waals surface area contributed by atoms with Crippen LogP contribution in [0.3, 0.4) is 0 Å². The van der Waals surface area contributed by atoms with Crippen LogP contribution in [0.25, 0.3) is 0 Å². The van der Waals surface area contributed by atoms with Crippen LogP contribution in [0.1, 0.15) is 37.0 Å². The van der Waals surface area contributed by atoms with E-state index in [2.05, 4.69) is 23.8 Å². The summed E-state index contributed by atoms with van der Waals surface area (Å²) in [6.07, 6.45) is 2.35. The van der Waals surface area contributed by atoms with E-state index in [0.29, 0.717) is 16.6 Å². The molecule has 1 aliphatic rings. The van der Waals surface area contributed by atoms with Gasteiger partial charge in [-0.1, -0.05) is 18.5 Å². The number of nitrogens with zero attached hydrogens (tertiary/aromatic N) is 2. The van der Waals surface area contributed by atoms with Gasteiger partial charge in [0.15, 0.2) is 5.78 Å². The van der Waals surface area contributed by atoms with E-state index in [-0.39, 0.29) is 5.78 Å². The molecule has 1 aromatic rings. The van der Waals surface area contributed by atoms with E-state index in [0.717, 1.165) is 25.3 Å². The molecule has 1 heterocycles. The number of halogens is 1. The number of piperidine rings is 1. The number of carbonyl (C=O) groups is 1.